The Morgan fingerprint density at radius 3 is 2.04 bits per heavy atom. The highest BCUT2D eigenvalue weighted by atomic mass is 16.5. The first kappa shape index (κ1) is 25.8. The highest BCUT2D eigenvalue weighted by molar-refractivity contribution is 4.81. The van der Waals surface area contributed by atoms with Crippen LogP contribution in [0.2, 0.25) is 0 Å². The fourth-order valence-electron chi connectivity index (χ4n) is 3.76. The summed E-state index contributed by atoms with van der Waals surface area (Å²) in [5.41, 5.74) is -0.990. The normalized spacial score (nSPS) is 20.8. The zero-order valence-corrected chi connectivity index (χ0v) is 19.5. The van der Waals surface area contributed by atoms with Crippen LogP contribution in [-0.2, 0) is 9.47 Å². The molecule has 3 N–H and O–H groups in total. The summed E-state index contributed by atoms with van der Waals surface area (Å²) in [7, 11) is 0. The van der Waals surface area contributed by atoms with E-state index >= 15 is 0 Å². The Hall–Kier alpha value is -0.240. The Kier molecular flexibility index (Phi) is 9.85. The molecule has 0 bridgehead atoms. The van der Waals surface area contributed by atoms with Crippen molar-refractivity contribution in [2.24, 2.45) is 5.41 Å². The molecule has 6 heteroatoms. The summed E-state index contributed by atoms with van der Waals surface area (Å²) in [5, 5.41) is 24.1. The van der Waals surface area contributed by atoms with Gasteiger partial charge in [-0.1, -0.05) is 20.8 Å². The van der Waals surface area contributed by atoms with E-state index < -0.39 is 17.8 Å². The van der Waals surface area contributed by atoms with Gasteiger partial charge in [0.05, 0.1) is 36.1 Å². The number of nitrogens with one attached hydrogen (secondary N) is 1. The fourth-order valence-corrected chi connectivity index (χ4v) is 3.76. The third-order valence-corrected chi connectivity index (χ3v) is 5.34. The van der Waals surface area contributed by atoms with Crippen LogP contribution in [0.5, 0.6) is 0 Å². The number of rotatable bonds is 11. The molecule has 0 spiro atoms. The highest BCUT2D eigenvalue weighted by Crippen LogP contribution is 2.27. The maximum Gasteiger partial charge on any atom is 0.0822 e. The number of hydrogen-bond donors (Lipinski definition) is 3. The van der Waals surface area contributed by atoms with Crippen LogP contribution in [-0.4, -0.2) is 84.0 Å². The topological polar surface area (TPSA) is 74.2 Å². The van der Waals surface area contributed by atoms with Gasteiger partial charge >= 0.3 is 0 Å². The van der Waals surface area contributed by atoms with Gasteiger partial charge in [-0.05, 0) is 40.0 Å². The average molecular weight is 403 g/mol. The van der Waals surface area contributed by atoms with E-state index in [0.29, 0.717) is 19.6 Å². The second kappa shape index (κ2) is 10.7. The Labute approximate surface area is 173 Å². The molecule has 3 unspecified atom stereocenters. The van der Waals surface area contributed by atoms with Crippen molar-refractivity contribution >= 4 is 0 Å². The Balaban J connectivity index is 2.42. The molecule has 0 aromatic heterocycles. The number of β-amino-alcohol motifs (C(OH)–C–C–N with tert-alkyl or cyclic N) is 1. The Bertz CT molecular complexity index is 442. The van der Waals surface area contributed by atoms with Crippen molar-refractivity contribution in [1.82, 2.24) is 10.2 Å². The molecule has 0 radical (unpaired) electrons. The molecule has 0 aromatic carbocycles. The Morgan fingerprint density at radius 2 is 1.50 bits per heavy atom. The minimum Gasteiger partial charge on any atom is -0.392 e. The molecule has 1 aliphatic heterocycles. The van der Waals surface area contributed by atoms with E-state index in [9.17, 15) is 10.2 Å². The van der Waals surface area contributed by atoms with E-state index in [1.807, 2.05) is 48.5 Å². The van der Waals surface area contributed by atoms with Crippen LogP contribution in [0.25, 0.3) is 0 Å². The molecule has 0 saturated carbocycles. The first-order valence-corrected chi connectivity index (χ1v) is 10.8. The summed E-state index contributed by atoms with van der Waals surface area (Å²) in [6, 6.07) is 0. The van der Waals surface area contributed by atoms with Gasteiger partial charge in [-0.2, -0.15) is 0 Å². The van der Waals surface area contributed by atoms with Gasteiger partial charge in [0.25, 0.3) is 0 Å². The number of nitrogens with zero attached hydrogens (tertiary/aromatic N) is 1. The summed E-state index contributed by atoms with van der Waals surface area (Å²) in [5.74, 6) is 0. The van der Waals surface area contributed by atoms with Crippen LogP contribution >= 0.6 is 0 Å². The summed E-state index contributed by atoms with van der Waals surface area (Å²) >= 11 is 0. The van der Waals surface area contributed by atoms with Crippen LogP contribution in [0.15, 0.2) is 0 Å². The molecule has 0 aliphatic carbocycles. The Morgan fingerprint density at radius 1 is 0.929 bits per heavy atom. The van der Waals surface area contributed by atoms with Gasteiger partial charge in [-0.15, -0.1) is 0 Å². The summed E-state index contributed by atoms with van der Waals surface area (Å²) in [6.45, 7) is 21.2. The van der Waals surface area contributed by atoms with E-state index in [1.165, 1.54) is 0 Å². The quantitative estimate of drug-likeness (QED) is 0.493. The third-order valence-electron chi connectivity index (χ3n) is 5.34. The first-order valence-electron chi connectivity index (χ1n) is 10.8. The van der Waals surface area contributed by atoms with Crippen LogP contribution in [0.4, 0.5) is 0 Å². The maximum atomic E-state index is 10.5. The lowest BCUT2D eigenvalue weighted by atomic mass is 9.89. The van der Waals surface area contributed by atoms with E-state index in [-0.39, 0.29) is 17.1 Å². The van der Waals surface area contributed by atoms with Gasteiger partial charge in [0.15, 0.2) is 0 Å². The van der Waals surface area contributed by atoms with Gasteiger partial charge in [0.1, 0.15) is 0 Å². The van der Waals surface area contributed by atoms with Crippen molar-refractivity contribution in [2.45, 2.75) is 97.7 Å². The summed E-state index contributed by atoms with van der Waals surface area (Å²) < 4.78 is 12.3. The first-order chi connectivity index (χ1) is 12.7. The van der Waals surface area contributed by atoms with Crippen LogP contribution in [0.3, 0.4) is 0 Å². The van der Waals surface area contributed by atoms with Gasteiger partial charge in [0, 0.05) is 45.6 Å². The maximum absolute atomic E-state index is 10.5. The molecular weight excluding hydrogens is 356 g/mol. The number of aliphatic hydroxyl groups is 2. The van der Waals surface area contributed by atoms with Crippen LogP contribution < -0.4 is 5.32 Å². The summed E-state index contributed by atoms with van der Waals surface area (Å²) in [4.78, 5) is 2.30. The standard InChI is InChI=1S/C22H46N2O4/c1-17(13-21(5,6)27-16-19(26)20(2,3)4)28-22(7,8)14-18(25)15-24-11-9-23-10-12-24/h17-19,23,25-26H,9-16H2,1-8H3. The molecule has 28 heavy (non-hydrogen) atoms. The van der Waals surface area contributed by atoms with Gasteiger partial charge in [0.2, 0.25) is 0 Å². The lowest BCUT2D eigenvalue weighted by Gasteiger charge is -2.37. The molecule has 168 valence electrons. The molecular formula is C22H46N2O4. The largest absolute Gasteiger partial charge is 0.392 e. The van der Waals surface area contributed by atoms with E-state index in [1.54, 1.807) is 0 Å². The molecule has 0 aromatic rings. The number of hydrogen-bond acceptors (Lipinski definition) is 6. The minimum absolute atomic E-state index is 0.0110. The lowest BCUT2D eigenvalue weighted by Crippen LogP contribution is -2.47. The highest BCUT2D eigenvalue weighted by Gasteiger charge is 2.31. The molecule has 3 atom stereocenters. The molecule has 6 nitrogen and oxygen atoms in total. The minimum atomic E-state index is -0.500. The lowest BCUT2D eigenvalue weighted by molar-refractivity contribution is -0.135. The molecule has 1 heterocycles. The van der Waals surface area contributed by atoms with Crippen molar-refractivity contribution < 1.29 is 19.7 Å². The second-order valence-electron chi connectivity index (χ2n) is 10.8. The van der Waals surface area contributed by atoms with Gasteiger partial charge in [-0.25, -0.2) is 0 Å². The predicted molar refractivity (Wildman–Crippen MR) is 115 cm³/mol. The number of ether oxygens (including phenoxy) is 2. The van der Waals surface area contributed by atoms with E-state index in [0.717, 1.165) is 32.6 Å². The van der Waals surface area contributed by atoms with E-state index in [4.69, 9.17) is 9.47 Å². The van der Waals surface area contributed by atoms with Crippen molar-refractivity contribution in [2.75, 3.05) is 39.3 Å². The van der Waals surface area contributed by atoms with Crippen molar-refractivity contribution in [3.8, 4) is 0 Å². The molecule has 1 fully saturated rings. The molecule has 1 rings (SSSR count). The summed E-state index contributed by atoms with van der Waals surface area (Å²) in [6.07, 6.45) is 0.418. The monoisotopic (exact) mass is 402 g/mol. The average Bonchev–Trinajstić information content (AvgIpc) is 2.50. The fraction of sp³-hybridized carbons (Fsp3) is 1.00. The van der Waals surface area contributed by atoms with Crippen LogP contribution in [0, 0.1) is 5.41 Å². The number of piperazine rings is 1. The zero-order chi connectivity index (χ0) is 21.6. The van der Waals surface area contributed by atoms with Crippen molar-refractivity contribution in [1.29, 1.82) is 0 Å². The molecule has 0 amide bonds. The SMILES string of the molecule is CC(CC(C)(C)OCC(O)C(C)(C)C)OC(C)(C)CC(O)CN1CCNCC1. The predicted octanol–water partition coefficient (Wildman–Crippen LogP) is 2.42. The molecule has 1 aliphatic rings. The molecule has 1 saturated heterocycles. The van der Waals surface area contributed by atoms with Gasteiger partial charge < -0.3 is 25.0 Å². The van der Waals surface area contributed by atoms with Crippen molar-refractivity contribution in [3.05, 3.63) is 0 Å². The number of aliphatic hydroxyl groups excluding tert-OH is 2. The zero-order valence-electron chi connectivity index (χ0n) is 19.5. The van der Waals surface area contributed by atoms with Crippen LogP contribution in [0.1, 0.15) is 68.2 Å². The van der Waals surface area contributed by atoms with Crippen molar-refractivity contribution in [3.63, 3.8) is 0 Å². The van der Waals surface area contributed by atoms with Gasteiger partial charge in [-0.3, -0.25) is 4.90 Å². The smallest absolute Gasteiger partial charge is 0.0822 e. The van der Waals surface area contributed by atoms with E-state index in [2.05, 4.69) is 17.1 Å². The third kappa shape index (κ3) is 10.5. The second-order valence-corrected chi connectivity index (χ2v) is 10.8.